The topological polar surface area (TPSA) is 26.3 Å². The van der Waals surface area contributed by atoms with Crippen molar-refractivity contribution >= 4 is 53.8 Å². The highest BCUT2D eigenvalue weighted by Gasteiger charge is 2.26. The van der Waals surface area contributed by atoms with E-state index in [4.69, 9.17) is 4.74 Å². The van der Waals surface area contributed by atoms with Crippen LogP contribution in [0.2, 0.25) is 0 Å². The minimum absolute atomic E-state index is 0.186. The van der Waals surface area contributed by atoms with Gasteiger partial charge < -0.3 is 4.74 Å². The van der Waals surface area contributed by atoms with Gasteiger partial charge in [0.25, 0.3) is 2.33 Å². The second-order valence-electron chi connectivity index (χ2n) is 3.46. The molecule has 1 rings (SSSR count). The van der Waals surface area contributed by atoms with Crippen LogP contribution in [0.1, 0.15) is 12.5 Å². The van der Waals surface area contributed by atoms with Gasteiger partial charge in [0.05, 0.1) is 5.92 Å². The Bertz CT molecular complexity index is 346. The highest BCUT2D eigenvalue weighted by Crippen LogP contribution is 2.35. The van der Waals surface area contributed by atoms with E-state index in [2.05, 4.69) is 47.8 Å². The summed E-state index contributed by atoms with van der Waals surface area (Å²) in [6.07, 6.45) is 0.669. The molecule has 1 aromatic carbocycles. The lowest BCUT2D eigenvalue weighted by molar-refractivity contribution is -0.147. The number of rotatable bonds is 3. The Balaban J connectivity index is 2.53. The Morgan fingerprint density at radius 2 is 1.88 bits per heavy atom. The molecule has 0 saturated heterocycles. The van der Waals surface area contributed by atoms with E-state index >= 15 is 0 Å². The van der Waals surface area contributed by atoms with Crippen LogP contribution in [0, 0.1) is 5.92 Å². The molecule has 0 heterocycles. The molecule has 0 aliphatic rings. The third kappa shape index (κ3) is 5.46. The predicted molar refractivity (Wildman–Crippen MR) is 74.9 cm³/mol. The van der Waals surface area contributed by atoms with Crippen LogP contribution in [-0.4, -0.2) is 8.30 Å². The number of alkyl halides is 3. The summed E-state index contributed by atoms with van der Waals surface area (Å²) < 4.78 is 4.12. The van der Waals surface area contributed by atoms with Gasteiger partial charge in [-0.3, -0.25) is 4.79 Å². The van der Waals surface area contributed by atoms with Crippen LogP contribution in [-0.2, 0) is 16.0 Å². The van der Waals surface area contributed by atoms with Crippen LogP contribution in [0.3, 0.4) is 0 Å². The van der Waals surface area contributed by atoms with Gasteiger partial charge >= 0.3 is 5.97 Å². The average molecular weight is 415 g/mol. The second-order valence-corrected chi connectivity index (χ2v) is 10.0. The zero-order valence-corrected chi connectivity index (χ0v) is 13.4. The van der Waals surface area contributed by atoms with Crippen LogP contribution >= 0.6 is 47.8 Å². The summed E-state index contributed by atoms with van der Waals surface area (Å²) in [5.74, 6) is -0.455. The molecule has 0 aliphatic heterocycles. The molecule has 1 atom stereocenters. The highest BCUT2D eigenvalue weighted by molar-refractivity contribution is 9.39. The number of esters is 1. The van der Waals surface area contributed by atoms with E-state index in [0.29, 0.717) is 6.42 Å². The van der Waals surface area contributed by atoms with E-state index in [1.165, 1.54) is 0 Å². The largest absolute Gasteiger partial charge is 0.427 e. The summed E-state index contributed by atoms with van der Waals surface area (Å²) in [5, 5.41) is 0. The molecule has 16 heavy (non-hydrogen) atoms. The number of carbonyl (C=O) groups excluding carboxylic acids is 1. The summed E-state index contributed by atoms with van der Waals surface area (Å²) in [7, 11) is 0. The number of halogens is 3. The molecule has 88 valence electrons. The van der Waals surface area contributed by atoms with Gasteiger partial charge in [0.1, 0.15) is 0 Å². The first-order chi connectivity index (χ1) is 7.38. The van der Waals surface area contributed by atoms with Crippen molar-refractivity contribution in [3.05, 3.63) is 35.9 Å². The van der Waals surface area contributed by atoms with Crippen LogP contribution in [0.5, 0.6) is 0 Å². The predicted octanol–water partition coefficient (Wildman–Crippen LogP) is 4.20. The van der Waals surface area contributed by atoms with Crippen LogP contribution in [0.4, 0.5) is 0 Å². The van der Waals surface area contributed by atoms with Gasteiger partial charge in [-0.15, -0.1) is 0 Å². The summed E-state index contributed by atoms with van der Waals surface area (Å²) in [6, 6.07) is 9.85. The maximum Gasteiger partial charge on any atom is 0.311 e. The van der Waals surface area contributed by atoms with Gasteiger partial charge in [-0.05, 0) is 59.8 Å². The van der Waals surface area contributed by atoms with Gasteiger partial charge in [0, 0.05) is 0 Å². The van der Waals surface area contributed by atoms with E-state index < -0.39 is 2.33 Å². The maximum atomic E-state index is 11.7. The normalized spacial score (nSPS) is 13.2. The number of ether oxygens (including phenoxy) is 1. The van der Waals surface area contributed by atoms with Crippen molar-refractivity contribution in [3.8, 4) is 0 Å². The fourth-order valence-electron chi connectivity index (χ4n) is 1.27. The summed E-state index contributed by atoms with van der Waals surface area (Å²) >= 11 is 9.37. The Morgan fingerprint density at radius 3 is 2.38 bits per heavy atom. The first-order valence-electron chi connectivity index (χ1n) is 4.72. The molecular formula is C11H11Br3O2. The molecule has 0 fully saturated rings. The van der Waals surface area contributed by atoms with E-state index in [1.807, 2.05) is 37.3 Å². The van der Waals surface area contributed by atoms with E-state index in [0.717, 1.165) is 5.56 Å². The maximum absolute atomic E-state index is 11.7. The fraction of sp³-hybridized carbons (Fsp3) is 0.364. The van der Waals surface area contributed by atoms with E-state index in [1.54, 1.807) is 0 Å². The molecule has 0 N–H and O–H groups in total. The van der Waals surface area contributed by atoms with Crippen molar-refractivity contribution in [2.24, 2.45) is 5.92 Å². The summed E-state index contributed by atoms with van der Waals surface area (Å²) in [6.45, 7) is 1.84. The van der Waals surface area contributed by atoms with Gasteiger partial charge in [-0.1, -0.05) is 37.3 Å². The van der Waals surface area contributed by atoms with Crippen LogP contribution in [0.15, 0.2) is 30.3 Å². The third-order valence-electron chi connectivity index (χ3n) is 2.00. The molecule has 5 heteroatoms. The molecule has 0 aromatic heterocycles. The first-order valence-corrected chi connectivity index (χ1v) is 7.10. The molecule has 0 saturated carbocycles. The number of hydrogen-bond acceptors (Lipinski definition) is 2. The lowest BCUT2D eigenvalue weighted by atomic mass is 10.0. The minimum atomic E-state index is -0.963. The van der Waals surface area contributed by atoms with Gasteiger partial charge in [0.15, 0.2) is 0 Å². The lowest BCUT2D eigenvalue weighted by Crippen LogP contribution is -2.22. The molecule has 0 amide bonds. The van der Waals surface area contributed by atoms with Gasteiger partial charge in [-0.25, -0.2) is 0 Å². The average Bonchev–Trinajstić information content (AvgIpc) is 2.16. The molecule has 2 nitrogen and oxygen atoms in total. The Kier molecular flexibility index (Phi) is 5.47. The Morgan fingerprint density at radius 1 is 1.31 bits per heavy atom. The van der Waals surface area contributed by atoms with Crippen LogP contribution in [0.25, 0.3) is 0 Å². The smallest absolute Gasteiger partial charge is 0.311 e. The molecular weight excluding hydrogens is 404 g/mol. The van der Waals surface area contributed by atoms with Crippen molar-refractivity contribution in [1.82, 2.24) is 0 Å². The molecule has 0 radical (unpaired) electrons. The summed E-state index contributed by atoms with van der Waals surface area (Å²) in [5.41, 5.74) is 1.12. The van der Waals surface area contributed by atoms with Crippen molar-refractivity contribution in [1.29, 1.82) is 0 Å². The van der Waals surface area contributed by atoms with Crippen molar-refractivity contribution in [3.63, 3.8) is 0 Å². The molecule has 0 bridgehead atoms. The second kappa shape index (κ2) is 6.17. The zero-order valence-electron chi connectivity index (χ0n) is 8.62. The summed E-state index contributed by atoms with van der Waals surface area (Å²) in [4.78, 5) is 11.7. The molecule has 1 unspecified atom stereocenters. The highest BCUT2D eigenvalue weighted by atomic mass is 80.0. The lowest BCUT2D eigenvalue weighted by Gasteiger charge is -2.17. The fourth-order valence-corrected chi connectivity index (χ4v) is 1.74. The standard InChI is InChI=1S/C11H11Br3O2/c1-8(10(15)16-11(12,13)14)7-9-5-3-2-4-6-9/h2-6,8H,7H2,1H3. The molecule has 1 aromatic rings. The van der Waals surface area contributed by atoms with Gasteiger partial charge in [-0.2, -0.15) is 0 Å². The van der Waals surface area contributed by atoms with Crippen molar-refractivity contribution in [2.45, 2.75) is 15.7 Å². The monoisotopic (exact) mass is 412 g/mol. The molecule has 0 spiro atoms. The van der Waals surface area contributed by atoms with E-state index in [-0.39, 0.29) is 11.9 Å². The SMILES string of the molecule is CC(Cc1ccccc1)C(=O)OC(Br)(Br)Br. The van der Waals surface area contributed by atoms with Crippen molar-refractivity contribution in [2.75, 3.05) is 0 Å². The van der Waals surface area contributed by atoms with Gasteiger partial charge in [0.2, 0.25) is 0 Å². The third-order valence-corrected chi connectivity index (χ3v) is 2.49. The van der Waals surface area contributed by atoms with Crippen molar-refractivity contribution < 1.29 is 9.53 Å². The Hall–Kier alpha value is 0.130. The zero-order chi connectivity index (χ0) is 12.2. The number of hydrogen-bond donors (Lipinski definition) is 0. The van der Waals surface area contributed by atoms with Crippen LogP contribution < -0.4 is 0 Å². The quantitative estimate of drug-likeness (QED) is 0.547. The Labute approximate surface area is 120 Å². The van der Waals surface area contributed by atoms with E-state index in [9.17, 15) is 4.79 Å². The minimum Gasteiger partial charge on any atom is -0.427 e. The molecule has 0 aliphatic carbocycles. The number of benzene rings is 1. The number of carbonyl (C=O) groups is 1. The first kappa shape index (κ1) is 14.2.